The SMILES string of the molecule is C=CCN(CCCN(C(=O)OC(C)(C)C)S(=O)(=O)c1ccc(C)cc1)S(=O)(=O)c1ccc(C)cc1. The molecule has 0 saturated carbocycles. The molecule has 2 aromatic carbocycles. The summed E-state index contributed by atoms with van der Waals surface area (Å²) in [5, 5.41) is 0. The molecule has 10 heteroatoms. The van der Waals surface area contributed by atoms with E-state index in [4.69, 9.17) is 4.74 Å². The number of amides is 1. The van der Waals surface area contributed by atoms with Crippen molar-refractivity contribution in [1.82, 2.24) is 8.61 Å². The van der Waals surface area contributed by atoms with Gasteiger partial charge in [0.2, 0.25) is 10.0 Å². The smallest absolute Gasteiger partial charge is 0.424 e. The molecule has 35 heavy (non-hydrogen) atoms. The number of hydrogen-bond donors (Lipinski definition) is 0. The van der Waals surface area contributed by atoms with Gasteiger partial charge in [0, 0.05) is 19.6 Å². The van der Waals surface area contributed by atoms with Crippen LogP contribution in [0.4, 0.5) is 4.79 Å². The van der Waals surface area contributed by atoms with E-state index in [1.165, 1.54) is 34.6 Å². The molecule has 192 valence electrons. The Hall–Kier alpha value is -2.69. The summed E-state index contributed by atoms with van der Waals surface area (Å²) < 4.78 is 60.1. The molecular formula is C25H34N2O6S2. The molecule has 0 saturated heterocycles. The monoisotopic (exact) mass is 522 g/mol. The van der Waals surface area contributed by atoms with Crippen LogP contribution in [0.3, 0.4) is 0 Å². The highest BCUT2D eigenvalue weighted by atomic mass is 32.2. The molecule has 0 heterocycles. The van der Waals surface area contributed by atoms with Crippen molar-refractivity contribution in [2.24, 2.45) is 0 Å². The number of carbonyl (C=O) groups is 1. The van der Waals surface area contributed by atoms with E-state index in [1.54, 1.807) is 45.0 Å². The number of benzene rings is 2. The zero-order chi connectivity index (χ0) is 26.4. The molecule has 2 aromatic rings. The van der Waals surface area contributed by atoms with E-state index in [1.807, 2.05) is 13.8 Å². The molecule has 0 spiro atoms. The highest BCUT2D eigenvalue weighted by Gasteiger charge is 2.33. The lowest BCUT2D eigenvalue weighted by molar-refractivity contribution is 0.0389. The van der Waals surface area contributed by atoms with E-state index in [9.17, 15) is 21.6 Å². The van der Waals surface area contributed by atoms with Gasteiger partial charge in [0.15, 0.2) is 0 Å². The van der Waals surface area contributed by atoms with Gasteiger partial charge in [-0.05, 0) is 65.3 Å². The molecule has 1 amide bonds. The van der Waals surface area contributed by atoms with Crippen LogP contribution < -0.4 is 0 Å². The van der Waals surface area contributed by atoms with Gasteiger partial charge in [-0.2, -0.15) is 4.31 Å². The molecular weight excluding hydrogens is 488 g/mol. The summed E-state index contributed by atoms with van der Waals surface area (Å²) in [7, 11) is -8.06. The van der Waals surface area contributed by atoms with Crippen LogP contribution in [-0.4, -0.2) is 56.8 Å². The second kappa shape index (κ2) is 11.4. The summed E-state index contributed by atoms with van der Waals surface area (Å²) in [5.41, 5.74) is 0.879. The van der Waals surface area contributed by atoms with Crippen molar-refractivity contribution in [2.75, 3.05) is 19.6 Å². The number of sulfonamides is 2. The summed E-state index contributed by atoms with van der Waals surface area (Å²) in [6, 6.07) is 12.6. The first-order chi connectivity index (χ1) is 16.2. The average molecular weight is 523 g/mol. The second-order valence-electron chi connectivity index (χ2n) is 9.19. The first-order valence-corrected chi connectivity index (χ1v) is 14.1. The van der Waals surface area contributed by atoms with Gasteiger partial charge in [-0.25, -0.2) is 25.9 Å². The fraction of sp³-hybridized carbons (Fsp3) is 0.400. The van der Waals surface area contributed by atoms with Crippen molar-refractivity contribution in [1.29, 1.82) is 0 Å². The number of nitrogens with zero attached hydrogens (tertiary/aromatic N) is 2. The molecule has 0 aliphatic heterocycles. The van der Waals surface area contributed by atoms with E-state index in [0.29, 0.717) is 4.31 Å². The first-order valence-electron chi connectivity index (χ1n) is 11.2. The van der Waals surface area contributed by atoms with E-state index in [2.05, 4.69) is 6.58 Å². The molecule has 0 bridgehead atoms. The predicted octanol–water partition coefficient (Wildman–Crippen LogP) is 4.50. The zero-order valence-electron chi connectivity index (χ0n) is 20.9. The third-order valence-corrected chi connectivity index (χ3v) is 8.63. The van der Waals surface area contributed by atoms with Crippen LogP contribution in [0.1, 0.15) is 38.3 Å². The maximum absolute atomic E-state index is 13.3. The van der Waals surface area contributed by atoms with Gasteiger partial charge in [-0.1, -0.05) is 41.5 Å². The van der Waals surface area contributed by atoms with Crippen molar-refractivity contribution in [2.45, 2.75) is 56.4 Å². The van der Waals surface area contributed by atoms with Crippen molar-refractivity contribution < 1.29 is 26.4 Å². The highest BCUT2D eigenvalue weighted by Crippen LogP contribution is 2.22. The van der Waals surface area contributed by atoms with Crippen LogP contribution in [0.25, 0.3) is 0 Å². The molecule has 0 aliphatic rings. The number of carbonyl (C=O) groups excluding carboxylic acids is 1. The Labute approximate surface area is 209 Å². The number of rotatable bonds is 10. The van der Waals surface area contributed by atoms with Crippen LogP contribution in [0, 0.1) is 13.8 Å². The molecule has 0 N–H and O–H groups in total. The maximum Gasteiger partial charge on any atom is 0.424 e. The lowest BCUT2D eigenvalue weighted by atomic mass is 10.2. The van der Waals surface area contributed by atoms with Crippen molar-refractivity contribution in [3.8, 4) is 0 Å². The second-order valence-corrected chi connectivity index (χ2v) is 13.0. The molecule has 0 atom stereocenters. The van der Waals surface area contributed by atoms with Crippen LogP contribution in [0.2, 0.25) is 0 Å². The van der Waals surface area contributed by atoms with Gasteiger partial charge in [-0.3, -0.25) is 0 Å². The molecule has 2 rings (SSSR count). The molecule has 0 aliphatic carbocycles. The number of hydrogen-bond acceptors (Lipinski definition) is 6. The van der Waals surface area contributed by atoms with Gasteiger partial charge in [0.25, 0.3) is 10.0 Å². The summed E-state index contributed by atoms with van der Waals surface area (Å²) in [4.78, 5) is 12.9. The summed E-state index contributed by atoms with van der Waals surface area (Å²) in [5.74, 6) is 0. The third kappa shape index (κ3) is 7.65. The molecule has 0 aromatic heterocycles. The first kappa shape index (κ1) is 28.5. The van der Waals surface area contributed by atoms with E-state index in [-0.39, 0.29) is 35.8 Å². The topological polar surface area (TPSA) is 101 Å². The minimum absolute atomic E-state index is 0.0229. The average Bonchev–Trinajstić information content (AvgIpc) is 2.75. The Balaban J connectivity index is 2.30. The Morgan fingerprint density at radius 1 is 0.857 bits per heavy atom. The van der Waals surface area contributed by atoms with Gasteiger partial charge < -0.3 is 4.74 Å². The van der Waals surface area contributed by atoms with Gasteiger partial charge >= 0.3 is 6.09 Å². The van der Waals surface area contributed by atoms with Gasteiger partial charge in [0.1, 0.15) is 5.60 Å². The van der Waals surface area contributed by atoms with Crippen molar-refractivity contribution in [3.05, 3.63) is 72.3 Å². The predicted molar refractivity (Wildman–Crippen MR) is 136 cm³/mol. The lowest BCUT2D eigenvalue weighted by Gasteiger charge is -2.28. The summed E-state index contributed by atoms with van der Waals surface area (Å²) in [6.45, 7) is 12.0. The Bertz CT molecular complexity index is 1230. The van der Waals surface area contributed by atoms with Crippen LogP contribution in [0.15, 0.2) is 71.0 Å². The Kier molecular flexibility index (Phi) is 9.27. The van der Waals surface area contributed by atoms with Crippen LogP contribution >= 0.6 is 0 Å². The van der Waals surface area contributed by atoms with E-state index >= 15 is 0 Å². The Morgan fingerprint density at radius 3 is 1.74 bits per heavy atom. The minimum atomic E-state index is -4.22. The van der Waals surface area contributed by atoms with Crippen LogP contribution in [0.5, 0.6) is 0 Å². The van der Waals surface area contributed by atoms with Gasteiger partial charge in [-0.15, -0.1) is 6.58 Å². The number of ether oxygens (including phenoxy) is 1. The standard InChI is InChI=1S/C25H34N2O6S2/c1-7-17-26(34(29,30)22-13-9-20(2)10-14-22)18-8-19-27(24(28)33-25(4,5)6)35(31,32)23-15-11-21(3)12-16-23/h7,9-16H,1,8,17-19H2,2-6H3. The third-order valence-electron chi connectivity index (χ3n) is 4.97. The molecule has 0 radical (unpaired) electrons. The summed E-state index contributed by atoms with van der Waals surface area (Å²) >= 11 is 0. The van der Waals surface area contributed by atoms with Crippen LogP contribution in [-0.2, 0) is 24.8 Å². The van der Waals surface area contributed by atoms with Crippen molar-refractivity contribution >= 4 is 26.1 Å². The zero-order valence-corrected chi connectivity index (χ0v) is 22.5. The highest BCUT2D eigenvalue weighted by molar-refractivity contribution is 7.89. The van der Waals surface area contributed by atoms with Crippen molar-refractivity contribution in [3.63, 3.8) is 0 Å². The minimum Gasteiger partial charge on any atom is -0.443 e. The fourth-order valence-corrected chi connectivity index (χ4v) is 5.95. The molecule has 0 unspecified atom stereocenters. The quantitative estimate of drug-likeness (QED) is 0.426. The van der Waals surface area contributed by atoms with E-state index < -0.39 is 31.7 Å². The molecule has 0 fully saturated rings. The molecule has 8 nitrogen and oxygen atoms in total. The fourth-order valence-electron chi connectivity index (χ4n) is 3.16. The largest absolute Gasteiger partial charge is 0.443 e. The van der Waals surface area contributed by atoms with E-state index in [0.717, 1.165) is 11.1 Å². The number of aryl methyl sites for hydroxylation is 2. The lowest BCUT2D eigenvalue weighted by Crippen LogP contribution is -2.42. The maximum atomic E-state index is 13.3. The Morgan fingerprint density at radius 2 is 1.31 bits per heavy atom. The summed E-state index contributed by atoms with van der Waals surface area (Å²) in [6.07, 6.45) is 0.499. The normalized spacial score (nSPS) is 12.4. The van der Waals surface area contributed by atoms with Gasteiger partial charge in [0.05, 0.1) is 9.79 Å².